The van der Waals surface area contributed by atoms with Crippen molar-refractivity contribution in [2.75, 3.05) is 18.8 Å². The second kappa shape index (κ2) is 6.07. The summed E-state index contributed by atoms with van der Waals surface area (Å²) in [4.78, 5) is 12.3. The molecule has 8 heteroatoms. The van der Waals surface area contributed by atoms with Crippen LogP contribution in [0.4, 0.5) is 0 Å². The van der Waals surface area contributed by atoms with E-state index in [-0.39, 0.29) is 23.0 Å². The predicted molar refractivity (Wildman–Crippen MR) is 91.1 cm³/mol. The molecule has 1 saturated heterocycles. The van der Waals surface area contributed by atoms with Crippen LogP contribution in [0.5, 0.6) is 0 Å². The van der Waals surface area contributed by atoms with Gasteiger partial charge in [-0.15, -0.1) is 0 Å². The fourth-order valence-electron chi connectivity index (χ4n) is 4.90. The average molecular weight is 357 g/mol. The molecule has 0 aromatic carbocycles. The molecule has 3 fully saturated rings. The van der Waals surface area contributed by atoms with Gasteiger partial charge < -0.3 is 5.32 Å². The van der Waals surface area contributed by atoms with E-state index < -0.39 is 15.5 Å². The largest absolute Gasteiger partial charge is 0.317 e. The van der Waals surface area contributed by atoms with Gasteiger partial charge >= 0.3 is 0 Å². The molecule has 3 N–H and O–H groups in total. The molecule has 0 spiro atoms. The molecule has 1 heterocycles. The average Bonchev–Trinajstić information content (AvgIpc) is 2.86. The minimum Gasteiger partial charge on any atom is -0.317 e. The first kappa shape index (κ1) is 17.8. The number of nitrogens with one attached hydrogen (secondary N) is 2. The van der Waals surface area contributed by atoms with Gasteiger partial charge in [0.25, 0.3) is 10.1 Å². The van der Waals surface area contributed by atoms with Crippen molar-refractivity contribution < 1.29 is 17.8 Å². The van der Waals surface area contributed by atoms with E-state index in [1.165, 1.54) is 0 Å². The third-order valence-electron chi connectivity index (χ3n) is 6.61. The van der Waals surface area contributed by atoms with E-state index >= 15 is 0 Å². The summed E-state index contributed by atoms with van der Waals surface area (Å²) >= 11 is 0. The Morgan fingerprint density at radius 2 is 2.00 bits per heavy atom. The first-order valence-corrected chi connectivity index (χ1v) is 10.3. The number of carbonyl (C=O) groups is 1. The van der Waals surface area contributed by atoms with E-state index in [0.29, 0.717) is 18.8 Å². The molecular weight excluding hydrogens is 330 g/mol. The Morgan fingerprint density at radius 3 is 2.58 bits per heavy atom. The Hall–Kier alpha value is -0.990. The summed E-state index contributed by atoms with van der Waals surface area (Å²) < 4.78 is 32.6. The topological polar surface area (TPSA) is 108 Å². The molecule has 3 aliphatic rings. The molecular formula is C16H27N3O4S. The summed E-state index contributed by atoms with van der Waals surface area (Å²) in [6.07, 6.45) is 3.90. The number of fused-ring (bicyclic) bond motifs is 2. The van der Waals surface area contributed by atoms with Gasteiger partial charge in [-0.05, 0) is 56.5 Å². The molecule has 2 aliphatic carbocycles. The maximum atomic E-state index is 12.3. The Labute approximate surface area is 143 Å². The molecule has 7 nitrogen and oxygen atoms in total. The molecule has 24 heavy (non-hydrogen) atoms. The highest BCUT2D eigenvalue weighted by Gasteiger charge is 2.64. The lowest BCUT2D eigenvalue weighted by Gasteiger charge is -2.37. The van der Waals surface area contributed by atoms with Crippen molar-refractivity contribution in [1.82, 2.24) is 10.7 Å². The van der Waals surface area contributed by atoms with E-state index in [1.807, 2.05) is 13.8 Å². The van der Waals surface area contributed by atoms with Gasteiger partial charge in [0.05, 0.1) is 5.75 Å². The molecule has 3 rings (SSSR count). The lowest BCUT2D eigenvalue weighted by atomic mass is 9.70. The fraction of sp³-hybridized carbons (Fsp3) is 0.875. The van der Waals surface area contributed by atoms with Crippen molar-refractivity contribution in [2.24, 2.45) is 27.8 Å². The first-order valence-electron chi connectivity index (χ1n) is 8.68. The zero-order valence-corrected chi connectivity index (χ0v) is 15.2. The number of hydrogen-bond donors (Lipinski definition) is 3. The van der Waals surface area contributed by atoms with Crippen LogP contribution in [-0.4, -0.2) is 43.4 Å². The number of carbonyl (C=O) groups excluding carboxylic acids is 1. The van der Waals surface area contributed by atoms with Crippen molar-refractivity contribution in [2.45, 2.75) is 46.0 Å². The Bertz CT molecular complexity index is 652. The van der Waals surface area contributed by atoms with Crippen LogP contribution in [0.15, 0.2) is 5.10 Å². The number of hydrazone groups is 1. The highest BCUT2D eigenvalue weighted by molar-refractivity contribution is 7.85. The van der Waals surface area contributed by atoms with Crippen LogP contribution < -0.4 is 10.7 Å². The zero-order chi connectivity index (χ0) is 17.6. The van der Waals surface area contributed by atoms with Gasteiger partial charge in [-0.1, -0.05) is 13.8 Å². The van der Waals surface area contributed by atoms with Crippen molar-refractivity contribution in [3.63, 3.8) is 0 Å². The molecule has 2 bridgehead atoms. The van der Waals surface area contributed by atoms with Crippen molar-refractivity contribution >= 4 is 21.7 Å². The van der Waals surface area contributed by atoms with E-state index in [2.05, 4.69) is 15.8 Å². The van der Waals surface area contributed by atoms with Gasteiger partial charge in [-0.2, -0.15) is 13.5 Å². The molecule has 1 aliphatic heterocycles. The van der Waals surface area contributed by atoms with E-state index in [1.54, 1.807) is 0 Å². The number of rotatable bonds is 4. The van der Waals surface area contributed by atoms with E-state index in [0.717, 1.165) is 38.1 Å². The van der Waals surface area contributed by atoms with Crippen LogP contribution >= 0.6 is 0 Å². The Kier molecular flexibility index (Phi) is 4.51. The molecule has 0 aromatic heterocycles. The quantitative estimate of drug-likeness (QED) is 0.517. The third-order valence-corrected chi connectivity index (χ3v) is 7.46. The van der Waals surface area contributed by atoms with Gasteiger partial charge in [0.15, 0.2) is 0 Å². The lowest BCUT2D eigenvalue weighted by molar-refractivity contribution is -0.125. The van der Waals surface area contributed by atoms with Crippen LogP contribution in [0.1, 0.15) is 46.0 Å². The minimum atomic E-state index is -4.12. The molecule has 2 unspecified atom stereocenters. The van der Waals surface area contributed by atoms with Gasteiger partial charge in [0.1, 0.15) is 0 Å². The van der Waals surface area contributed by atoms with Crippen molar-refractivity contribution in [1.29, 1.82) is 0 Å². The summed E-state index contributed by atoms with van der Waals surface area (Å²) in [5.41, 5.74) is 2.48. The molecule has 2 saturated carbocycles. The molecule has 2 atom stereocenters. The molecule has 0 aromatic rings. The van der Waals surface area contributed by atoms with Crippen LogP contribution in [0.3, 0.4) is 0 Å². The van der Waals surface area contributed by atoms with E-state index in [9.17, 15) is 17.8 Å². The molecule has 0 radical (unpaired) electrons. The van der Waals surface area contributed by atoms with Crippen molar-refractivity contribution in [3.05, 3.63) is 0 Å². The van der Waals surface area contributed by atoms with Crippen LogP contribution in [-0.2, 0) is 14.9 Å². The van der Waals surface area contributed by atoms with Crippen LogP contribution in [0.2, 0.25) is 0 Å². The number of amides is 1. The highest BCUT2D eigenvalue weighted by atomic mass is 32.2. The smallest absolute Gasteiger partial charge is 0.265 e. The third kappa shape index (κ3) is 2.99. The highest BCUT2D eigenvalue weighted by Crippen LogP contribution is 2.64. The fourth-order valence-corrected chi connectivity index (χ4v) is 6.21. The predicted octanol–water partition coefficient (Wildman–Crippen LogP) is 1.17. The SMILES string of the molecule is CC1(C)C2CCC1(CS(=O)(=O)O)/C(=N\NC(=O)C1CCNCC1)C2. The minimum absolute atomic E-state index is 0.0419. The summed E-state index contributed by atoms with van der Waals surface area (Å²) in [5.74, 6) is -0.106. The molecule has 1 amide bonds. The van der Waals surface area contributed by atoms with Gasteiger partial charge in [0.2, 0.25) is 5.91 Å². The van der Waals surface area contributed by atoms with Gasteiger partial charge in [0, 0.05) is 17.0 Å². The molecule has 136 valence electrons. The first-order chi connectivity index (χ1) is 11.2. The standard InChI is InChI=1S/C16H27N3O4S/c1-15(2)12-3-6-16(15,10-24(21,22)23)13(9-12)18-19-14(20)11-4-7-17-8-5-11/h11-12,17H,3-10H2,1-2H3,(H,19,20)(H,21,22,23)/b18-13-. The second-order valence-corrected chi connectivity index (χ2v) is 9.48. The van der Waals surface area contributed by atoms with Crippen molar-refractivity contribution in [3.8, 4) is 0 Å². The summed E-state index contributed by atoms with van der Waals surface area (Å²) in [7, 11) is -4.12. The van der Waals surface area contributed by atoms with Crippen LogP contribution in [0.25, 0.3) is 0 Å². The number of hydrogen-bond acceptors (Lipinski definition) is 5. The second-order valence-electron chi connectivity index (χ2n) is 8.03. The zero-order valence-electron chi connectivity index (χ0n) is 14.3. The van der Waals surface area contributed by atoms with E-state index in [4.69, 9.17) is 0 Å². The monoisotopic (exact) mass is 357 g/mol. The summed E-state index contributed by atoms with van der Waals surface area (Å²) in [5, 5.41) is 7.58. The Balaban J connectivity index is 1.80. The lowest BCUT2D eigenvalue weighted by Crippen LogP contribution is -2.43. The summed E-state index contributed by atoms with van der Waals surface area (Å²) in [6, 6.07) is 0. The normalized spacial score (nSPS) is 34.6. The maximum absolute atomic E-state index is 12.3. The van der Waals surface area contributed by atoms with Gasteiger partial charge in [-0.3, -0.25) is 9.35 Å². The maximum Gasteiger partial charge on any atom is 0.265 e. The Morgan fingerprint density at radius 1 is 1.33 bits per heavy atom. The summed E-state index contributed by atoms with van der Waals surface area (Å²) in [6.45, 7) is 5.76. The van der Waals surface area contributed by atoms with Gasteiger partial charge in [-0.25, -0.2) is 5.43 Å². The number of piperidine rings is 1. The number of nitrogens with zero attached hydrogens (tertiary/aromatic N) is 1. The van der Waals surface area contributed by atoms with Crippen LogP contribution in [0, 0.1) is 22.7 Å².